The first-order chi connectivity index (χ1) is 13.3. The van der Waals surface area contributed by atoms with Crippen LogP contribution in [0, 0.1) is 0 Å². The summed E-state index contributed by atoms with van der Waals surface area (Å²) in [7, 11) is 0. The van der Waals surface area contributed by atoms with Gasteiger partial charge in [-0.2, -0.15) is 5.10 Å². The summed E-state index contributed by atoms with van der Waals surface area (Å²) in [6.45, 7) is 0. The third-order valence-electron chi connectivity index (χ3n) is 6.37. The second-order valence-corrected chi connectivity index (χ2v) is 7.97. The van der Waals surface area contributed by atoms with E-state index in [1.165, 1.54) is 40.5 Å². The first kappa shape index (κ1) is 15.3. The van der Waals surface area contributed by atoms with Crippen molar-refractivity contribution in [3.63, 3.8) is 0 Å². The first-order valence-electron chi connectivity index (χ1n) is 9.96. The molecule has 3 aromatic carbocycles. The van der Waals surface area contributed by atoms with Crippen molar-refractivity contribution in [2.75, 3.05) is 0 Å². The summed E-state index contributed by atoms with van der Waals surface area (Å²) in [4.78, 5) is 0. The highest BCUT2D eigenvalue weighted by atomic mass is 16.5. The Morgan fingerprint density at radius 3 is 2.56 bits per heavy atom. The van der Waals surface area contributed by atoms with E-state index < -0.39 is 0 Å². The zero-order chi connectivity index (χ0) is 17.8. The van der Waals surface area contributed by atoms with Crippen molar-refractivity contribution in [2.45, 2.75) is 43.9 Å². The quantitative estimate of drug-likeness (QED) is 0.564. The van der Waals surface area contributed by atoms with Gasteiger partial charge in [-0.3, -0.25) is 0 Å². The number of hydrogen-bond donors (Lipinski definition) is 0. The molecule has 1 aliphatic carbocycles. The fourth-order valence-electron chi connectivity index (χ4n) is 5.03. The van der Waals surface area contributed by atoms with Crippen LogP contribution in [0.1, 0.15) is 49.3 Å². The minimum absolute atomic E-state index is 0.252. The second-order valence-electron chi connectivity index (χ2n) is 7.97. The van der Waals surface area contributed by atoms with Crippen molar-refractivity contribution >= 4 is 16.5 Å². The molecular formula is C24H22N2O. The standard InChI is InChI=1S/C24H22N2O/c1-2-8-18-15-19(12-11-17(18)7-1)21-16-22-20-9-3-4-10-23(20)27-24(26(22)25-21)13-5-6-14-24/h1-4,7-12,15,22H,5-6,13-14,16H2/t22-/m1/s1. The first-order valence-corrected chi connectivity index (χ1v) is 9.96. The molecule has 6 rings (SSSR count). The Hall–Kier alpha value is -2.81. The lowest BCUT2D eigenvalue weighted by molar-refractivity contribution is -0.114. The molecule has 0 amide bonds. The van der Waals surface area contributed by atoms with Crippen LogP contribution in [0.3, 0.4) is 0 Å². The van der Waals surface area contributed by atoms with Crippen LogP contribution in [0.25, 0.3) is 10.8 Å². The summed E-state index contributed by atoms with van der Waals surface area (Å²) in [5, 5.41) is 9.99. The molecule has 0 saturated heterocycles. The van der Waals surface area contributed by atoms with Crippen LogP contribution in [-0.4, -0.2) is 16.4 Å². The van der Waals surface area contributed by atoms with Gasteiger partial charge >= 0.3 is 0 Å². The number of nitrogens with zero attached hydrogens (tertiary/aromatic N) is 2. The van der Waals surface area contributed by atoms with E-state index in [0.717, 1.165) is 25.0 Å². The van der Waals surface area contributed by atoms with Crippen molar-refractivity contribution in [3.8, 4) is 5.75 Å². The van der Waals surface area contributed by atoms with Gasteiger partial charge in [0.25, 0.3) is 0 Å². The largest absolute Gasteiger partial charge is 0.466 e. The number of hydrazone groups is 1. The van der Waals surface area contributed by atoms with Crippen LogP contribution in [0.15, 0.2) is 71.8 Å². The van der Waals surface area contributed by atoms with Crippen LogP contribution in [0.5, 0.6) is 5.75 Å². The Bertz CT molecular complexity index is 1060. The van der Waals surface area contributed by atoms with Gasteiger partial charge in [-0.15, -0.1) is 0 Å². The minimum atomic E-state index is -0.252. The fraction of sp³-hybridized carbons (Fsp3) is 0.292. The third kappa shape index (κ3) is 2.24. The molecule has 1 fully saturated rings. The molecule has 3 nitrogen and oxygen atoms in total. The van der Waals surface area contributed by atoms with Crippen molar-refractivity contribution in [2.24, 2.45) is 5.10 Å². The molecule has 0 radical (unpaired) electrons. The summed E-state index contributed by atoms with van der Waals surface area (Å²) < 4.78 is 6.57. The molecule has 0 aromatic heterocycles. The van der Waals surface area contributed by atoms with E-state index >= 15 is 0 Å². The number of para-hydroxylation sites is 1. The Balaban J connectivity index is 1.46. The number of fused-ring (bicyclic) bond motifs is 5. The molecule has 1 atom stereocenters. The summed E-state index contributed by atoms with van der Waals surface area (Å²) >= 11 is 0. The Labute approximate surface area is 159 Å². The maximum Gasteiger partial charge on any atom is 0.198 e. The molecule has 0 unspecified atom stereocenters. The molecule has 3 heteroatoms. The average Bonchev–Trinajstić information content (AvgIpc) is 3.36. The smallest absolute Gasteiger partial charge is 0.198 e. The van der Waals surface area contributed by atoms with E-state index in [9.17, 15) is 0 Å². The highest BCUT2D eigenvalue weighted by Crippen LogP contribution is 2.51. The monoisotopic (exact) mass is 354 g/mol. The molecule has 3 aromatic rings. The zero-order valence-electron chi connectivity index (χ0n) is 15.3. The number of ether oxygens (including phenoxy) is 1. The molecule has 27 heavy (non-hydrogen) atoms. The van der Waals surface area contributed by atoms with Gasteiger partial charge in [0.15, 0.2) is 5.72 Å². The van der Waals surface area contributed by atoms with Gasteiger partial charge in [0.05, 0.1) is 11.8 Å². The van der Waals surface area contributed by atoms with E-state index in [0.29, 0.717) is 0 Å². The normalized spacial score (nSPS) is 22.4. The topological polar surface area (TPSA) is 24.8 Å². The van der Waals surface area contributed by atoms with Crippen molar-refractivity contribution in [3.05, 3.63) is 77.9 Å². The Morgan fingerprint density at radius 1 is 0.889 bits per heavy atom. The lowest BCUT2D eigenvalue weighted by atomic mass is 9.93. The Morgan fingerprint density at radius 2 is 1.67 bits per heavy atom. The van der Waals surface area contributed by atoms with Crippen LogP contribution < -0.4 is 4.74 Å². The maximum atomic E-state index is 6.57. The van der Waals surface area contributed by atoms with Crippen LogP contribution in [0.2, 0.25) is 0 Å². The summed E-state index contributed by atoms with van der Waals surface area (Å²) in [5.74, 6) is 1.05. The van der Waals surface area contributed by atoms with Crippen molar-refractivity contribution in [1.82, 2.24) is 5.01 Å². The van der Waals surface area contributed by atoms with E-state index in [1.807, 2.05) is 0 Å². The van der Waals surface area contributed by atoms with Crippen molar-refractivity contribution in [1.29, 1.82) is 0 Å². The van der Waals surface area contributed by atoms with Gasteiger partial charge < -0.3 is 4.74 Å². The fourth-order valence-corrected chi connectivity index (χ4v) is 5.03. The Kier molecular flexibility index (Phi) is 3.16. The maximum absolute atomic E-state index is 6.57. The molecule has 0 bridgehead atoms. The predicted molar refractivity (Wildman–Crippen MR) is 108 cm³/mol. The number of benzene rings is 3. The van der Waals surface area contributed by atoms with Crippen LogP contribution >= 0.6 is 0 Å². The van der Waals surface area contributed by atoms with Gasteiger partial charge in [-0.25, -0.2) is 5.01 Å². The highest BCUT2D eigenvalue weighted by molar-refractivity contribution is 6.04. The van der Waals surface area contributed by atoms with E-state index in [1.54, 1.807) is 0 Å². The predicted octanol–water partition coefficient (Wildman–Crippen LogP) is 5.65. The highest BCUT2D eigenvalue weighted by Gasteiger charge is 2.51. The van der Waals surface area contributed by atoms with Gasteiger partial charge in [0.2, 0.25) is 0 Å². The molecule has 1 spiro atoms. The van der Waals surface area contributed by atoms with E-state index in [2.05, 4.69) is 71.7 Å². The zero-order valence-corrected chi connectivity index (χ0v) is 15.3. The number of rotatable bonds is 1. The molecule has 2 aliphatic heterocycles. The lowest BCUT2D eigenvalue weighted by Gasteiger charge is -2.45. The summed E-state index contributed by atoms with van der Waals surface area (Å²) in [6.07, 6.45) is 5.50. The van der Waals surface area contributed by atoms with Crippen LogP contribution in [0.4, 0.5) is 0 Å². The van der Waals surface area contributed by atoms with Crippen molar-refractivity contribution < 1.29 is 4.74 Å². The second kappa shape index (κ2) is 5.59. The van der Waals surface area contributed by atoms with Gasteiger partial charge in [-0.1, -0.05) is 54.6 Å². The SMILES string of the molecule is c1ccc2c(c1)OC1(CCCC1)N1N=C(c3ccc4ccccc4c3)C[C@H]21. The molecule has 2 heterocycles. The van der Waals surface area contributed by atoms with E-state index in [4.69, 9.17) is 9.84 Å². The third-order valence-corrected chi connectivity index (χ3v) is 6.37. The van der Waals surface area contributed by atoms with E-state index in [-0.39, 0.29) is 11.8 Å². The van der Waals surface area contributed by atoms with Gasteiger partial charge in [-0.05, 0) is 41.3 Å². The van der Waals surface area contributed by atoms with Gasteiger partial charge in [0, 0.05) is 24.8 Å². The summed E-state index contributed by atoms with van der Waals surface area (Å²) in [6, 6.07) is 24.0. The molecule has 0 N–H and O–H groups in total. The lowest BCUT2D eigenvalue weighted by Crippen LogP contribution is -2.51. The molecule has 3 aliphatic rings. The molecular weight excluding hydrogens is 332 g/mol. The molecule has 1 saturated carbocycles. The number of hydrogen-bond acceptors (Lipinski definition) is 3. The van der Waals surface area contributed by atoms with Gasteiger partial charge in [0.1, 0.15) is 5.75 Å². The summed E-state index contributed by atoms with van der Waals surface area (Å²) in [5.41, 5.74) is 3.43. The minimum Gasteiger partial charge on any atom is -0.466 e. The molecule has 134 valence electrons. The van der Waals surface area contributed by atoms with Crippen LogP contribution in [-0.2, 0) is 0 Å². The average molecular weight is 354 g/mol.